The third-order valence-electron chi connectivity index (χ3n) is 4.92. The zero-order chi connectivity index (χ0) is 20.8. The van der Waals surface area contributed by atoms with Crippen LogP contribution in [0.2, 0.25) is 0 Å². The molecule has 4 rings (SSSR count). The Hall–Kier alpha value is -3.64. The molecule has 1 amide bonds. The number of carbonyl (C=O) groups excluding carboxylic acids is 1. The molecule has 30 heavy (non-hydrogen) atoms. The number of hydrogen-bond acceptors (Lipinski definition) is 4. The molecule has 0 fully saturated rings. The van der Waals surface area contributed by atoms with Crippen molar-refractivity contribution < 1.29 is 9.21 Å². The quantitative estimate of drug-likeness (QED) is 0.438. The summed E-state index contributed by atoms with van der Waals surface area (Å²) in [6.07, 6.45) is 0.672. The summed E-state index contributed by atoms with van der Waals surface area (Å²) in [7, 11) is 0. The van der Waals surface area contributed by atoms with E-state index in [0.29, 0.717) is 25.1 Å². The first kappa shape index (κ1) is 19.7. The van der Waals surface area contributed by atoms with Crippen LogP contribution in [0.3, 0.4) is 0 Å². The average Bonchev–Trinajstić information content (AvgIpc) is 3.10. The normalized spacial score (nSPS) is 12.0. The monoisotopic (exact) mass is 401 g/mol. The fourth-order valence-electron chi connectivity index (χ4n) is 3.45. The molecule has 2 N–H and O–H groups in total. The van der Waals surface area contributed by atoms with E-state index in [1.54, 1.807) is 10.6 Å². The second-order valence-corrected chi connectivity index (χ2v) is 6.99. The molecule has 0 saturated carbocycles. The molecule has 0 saturated heterocycles. The highest BCUT2D eigenvalue weighted by molar-refractivity contribution is 5.95. The van der Waals surface area contributed by atoms with E-state index in [-0.39, 0.29) is 11.7 Å². The lowest BCUT2D eigenvalue weighted by atomic mass is 10.1. The van der Waals surface area contributed by atoms with Gasteiger partial charge in [0.15, 0.2) is 5.58 Å². The van der Waals surface area contributed by atoms with Crippen LogP contribution in [-0.2, 0) is 11.3 Å². The van der Waals surface area contributed by atoms with E-state index in [9.17, 15) is 9.59 Å². The van der Waals surface area contributed by atoms with Crippen molar-refractivity contribution in [3.8, 4) is 0 Å². The number of rotatable bonds is 8. The summed E-state index contributed by atoms with van der Waals surface area (Å²) in [6.45, 7) is 1.07. The van der Waals surface area contributed by atoms with Gasteiger partial charge in [-0.25, -0.2) is 4.79 Å². The standard InChI is InChI=1S/C24H23N3O3/c28-23(26-19-12-5-2-6-13-19)22(18-10-3-1-4-11-18)25-16-9-17-27-20-14-7-8-15-21(20)30-24(27)29/h1-8,10-15,22,25H,9,16-17H2,(H,26,28). The van der Waals surface area contributed by atoms with Gasteiger partial charge in [0.2, 0.25) is 5.91 Å². The molecule has 6 nitrogen and oxygen atoms in total. The van der Waals surface area contributed by atoms with E-state index in [1.807, 2.05) is 78.9 Å². The predicted molar refractivity (Wildman–Crippen MR) is 117 cm³/mol. The van der Waals surface area contributed by atoms with Gasteiger partial charge in [0.1, 0.15) is 6.04 Å². The number of fused-ring (bicyclic) bond motifs is 1. The maximum Gasteiger partial charge on any atom is 0.419 e. The van der Waals surface area contributed by atoms with Crippen LogP contribution in [-0.4, -0.2) is 17.0 Å². The summed E-state index contributed by atoms with van der Waals surface area (Å²) >= 11 is 0. The topological polar surface area (TPSA) is 76.3 Å². The molecule has 0 spiro atoms. The molecule has 0 aliphatic heterocycles. The number of hydrogen-bond donors (Lipinski definition) is 2. The number of nitrogens with one attached hydrogen (secondary N) is 2. The van der Waals surface area contributed by atoms with Crippen molar-refractivity contribution in [1.82, 2.24) is 9.88 Å². The van der Waals surface area contributed by atoms with Crippen molar-refractivity contribution >= 4 is 22.7 Å². The Balaban J connectivity index is 1.42. The van der Waals surface area contributed by atoms with E-state index in [2.05, 4.69) is 10.6 Å². The molecule has 1 heterocycles. The molecule has 0 aliphatic carbocycles. The first-order valence-corrected chi connectivity index (χ1v) is 9.95. The Morgan fingerprint density at radius 2 is 1.57 bits per heavy atom. The summed E-state index contributed by atoms with van der Waals surface area (Å²) in [6, 6.07) is 25.9. The van der Waals surface area contributed by atoms with Crippen LogP contribution < -0.4 is 16.4 Å². The van der Waals surface area contributed by atoms with Crippen molar-refractivity contribution in [3.63, 3.8) is 0 Å². The van der Waals surface area contributed by atoms with Crippen LogP contribution in [0.4, 0.5) is 5.69 Å². The number of benzene rings is 3. The van der Waals surface area contributed by atoms with Gasteiger partial charge in [0.05, 0.1) is 5.52 Å². The molecule has 1 atom stereocenters. The first-order valence-electron chi connectivity index (χ1n) is 9.95. The summed E-state index contributed by atoms with van der Waals surface area (Å²) in [5, 5.41) is 6.28. The van der Waals surface area contributed by atoms with Crippen LogP contribution in [0.5, 0.6) is 0 Å². The minimum Gasteiger partial charge on any atom is -0.408 e. The predicted octanol–water partition coefficient (Wildman–Crippen LogP) is 3.95. The number of aromatic nitrogens is 1. The fourth-order valence-corrected chi connectivity index (χ4v) is 3.45. The van der Waals surface area contributed by atoms with Gasteiger partial charge in [-0.1, -0.05) is 60.7 Å². The molecular formula is C24H23N3O3. The number of anilines is 1. The van der Waals surface area contributed by atoms with Gasteiger partial charge in [-0.2, -0.15) is 0 Å². The van der Waals surface area contributed by atoms with Gasteiger partial charge in [0, 0.05) is 12.2 Å². The highest BCUT2D eigenvalue weighted by Crippen LogP contribution is 2.17. The SMILES string of the molecule is O=C(Nc1ccccc1)C(NCCCn1c(=O)oc2ccccc21)c1ccccc1. The lowest BCUT2D eigenvalue weighted by Crippen LogP contribution is -2.34. The van der Waals surface area contributed by atoms with Crippen LogP contribution in [0, 0.1) is 0 Å². The second kappa shape index (κ2) is 9.24. The number of aryl methyl sites for hydroxylation is 1. The van der Waals surface area contributed by atoms with Crippen LogP contribution in [0.15, 0.2) is 94.1 Å². The molecule has 0 radical (unpaired) electrons. The third kappa shape index (κ3) is 4.50. The lowest BCUT2D eigenvalue weighted by molar-refractivity contribution is -0.118. The van der Waals surface area contributed by atoms with Crippen LogP contribution in [0.25, 0.3) is 11.1 Å². The molecule has 152 valence electrons. The largest absolute Gasteiger partial charge is 0.419 e. The van der Waals surface area contributed by atoms with Gasteiger partial charge in [-0.05, 0) is 42.8 Å². The van der Waals surface area contributed by atoms with Gasteiger partial charge >= 0.3 is 5.76 Å². The highest BCUT2D eigenvalue weighted by atomic mass is 16.4. The number of amides is 1. The van der Waals surface area contributed by atoms with E-state index >= 15 is 0 Å². The van der Waals surface area contributed by atoms with E-state index in [4.69, 9.17) is 4.42 Å². The highest BCUT2D eigenvalue weighted by Gasteiger charge is 2.20. The van der Waals surface area contributed by atoms with Crippen molar-refractivity contribution in [1.29, 1.82) is 0 Å². The van der Waals surface area contributed by atoms with Crippen LogP contribution >= 0.6 is 0 Å². The van der Waals surface area contributed by atoms with Crippen molar-refractivity contribution in [2.75, 3.05) is 11.9 Å². The summed E-state index contributed by atoms with van der Waals surface area (Å²) in [5.74, 6) is -0.490. The number of carbonyl (C=O) groups is 1. The molecule has 3 aromatic carbocycles. The lowest BCUT2D eigenvalue weighted by Gasteiger charge is -2.19. The Morgan fingerprint density at radius 1 is 0.900 bits per heavy atom. The van der Waals surface area contributed by atoms with E-state index < -0.39 is 6.04 Å². The Labute approximate surface area is 174 Å². The first-order chi connectivity index (χ1) is 14.7. The molecular weight excluding hydrogens is 378 g/mol. The number of para-hydroxylation sites is 3. The van der Waals surface area contributed by atoms with E-state index in [1.165, 1.54) is 0 Å². The van der Waals surface area contributed by atoms with Gasteiger partial charge < -0.3 is 15.1 Å². The maximum absolute atomic E-state index is 12.9. The van der Waals surface area contributed by atoms with Crippen molar-refractivity contribution in [3.05, 3.63) is 101 Å². The second-order valence-electron chi connectivity index (χ2n) is 6.99. The summed E-state index contributed by atoms with van der Waals surface area (Å²) in [5.41, 5.74) is 3.00. The maximum atomic E-state index is 12.9. The van der Waals surface area contributed by atoms with Gasteiger partial charge in [-0.3, -0.25) is 9.36 Å². The molecule has 1 aromatic heterocycles. The summed E-state index contributed by atoms with van der Waals surface area (Å²) < 4.78 is 6.90. The van der Waals surface area contributed by atoms with E-state index in [0.717, 1.165) is 16.8 Å². The zero-order valence-electron chi connectivity index (χ0n) is 16.5. The molecule has 0 bridgehead atoms. The van der Waals surface area contributed by atoms with Gasteiger partial charge in [0.25, 0.3) is 0 Å². The minimum atomic E-state index is -0.496. The Morgan fingerprint density at radius 3 is 2.33 bits per heavy atom. The Bertz CT molecular complexity index is 1170. The minimum absolute atomic E-state index is 0.127. The zero-order valence-corrected chi connectivity index (χ0v) is 16.5. The van der Waals surface area contributed by atoms with Crippen molar-refractivity contribution in [2.24, 2.45) is 0 Å². The molecule has 1 unspecified atom stereocenters. The number of oxazole rings is 1. The third-order valence-corrected chi connectivity index (χ3v) is 4.92. The molecule has 0 aliphatic rings. The van der Waals surface area contributed by atoms with Crippen molar-refractivity contribution in [2.45, 2.75) is 19.0 Å². The van der Waals surface area contributed by atoms with Gasteiger partial charge in [-0.15, -0.1) is 0 Å². The number of nitrogens with zero attached hydrogens (tertiary/aromatic N) is 1. The fraction of sp³-hybridized carbons (Fsp3) is 0.167. The van der Waals surface area contributed by atoms with Crippen LogP contribution in [0.1, 0.15) is 18.0 Å². The average molecular weight is 401 g/mol. The molecule has 6 heteroatoms. The summed E-state index contributed by atoms with van der Waals surface area (Å²) in [4.78, 5) is 25.0. The Kier molecular flexibility index (Phi) is 6.06. The molecule has 4 aromatic rings. The smallest absolute Gasteiger partial charge is 0.408 e.